The fourth-order valence-electron chi connectivity index (χ4n) is 1.45. The van der Waals surface area contributed by atoms with Gasteiger partial charge in [-0.2, -0.15) is 0 Å². The van der Waals surface area contributed by atoms with Crippen molar-refractivity contribution in [2.45, 2.75) is 12.5 Å². The van der Waals surface area contributed by atoms with Crippen LogP contribution in [0.5, 0.6) is 5.75 Å². The predicted octanol–water partition coefficient (Wildman–Crippen LogP) is 0.284. The SMILES string of the molecule is COc1ccc(F)c(NC(=O)NC(CC(N)=O)C(=O)O)c1. The van der Waals surface area contributed by atoms with Gasteiger partial charge in [-0.1, -0.05) is 0 Å². The lowest BCUT2D eigenvalue weighted by atomic mass is 10.2. The Bertz CT molecular complexity index is 564. The highest BCUT2D eigenvalue weighted by atomic mass is 19.1. The van der Waals surface area contributed by atoms with Gasteiger partial charge in [0.25, 0.3) is 0 Å². The van der Waals surface area contributed by atoms with Crippen LogP contribution in [0.1, 0.15) is 6.42 Å². The summed E-state index contributed by atoms with van der Waals surface area (Å²) in [6, 6.07) is 1.16. The maximum Gasteiger partial charge on any atom is 0.326 e. The maximum absolute atomic E-state index is 13.5. The number of carboxylic acids is 1. The van der Waals surface area contributed by atoms with Crippen LogP contribution in [0.25, 0.3) is 0 Å². The van der Waals surface area contributed by atoms with Crippen molar-refractivity contribution in [1.29, 1.82) is 0 Å². The zero-order valence-electron chi connectivity index (χ0n) is 11.1. The molecule has 1 rings (SSSR count). The predicted molar refractivity (Wildman–Crippen MR) is 70.3 cm³/mol. The largest absolute Gasteiger partial charge is 0.497 e. The summed E-state index contributed by atoms with van der Waals surface area (Å²) in [4.78, 5) is 33.2. The van der Waals surface area contributed by atoms with Gasteiger partial charge < -0.3 is 26.2 Å². The van der Waals surface area contributed by atoms with E-state index >= 15 is 0 Å². The Morgan fingerprint density at radius 1 is 1.43 bits per heavy atom. The van der Waals surface area contributed by atoms with Crippen LogP contribution >= 0.6 is 0 Å². The van der Waals surface area contributed by atoms with E-state index < -0.39 is 36.2 Å². The topological polar surface area (TPSA) is 131 Å². The molecule has 0 aliphatic heterocycles. The number of hydrogen-bond acceptors (Lipinski definition) is 4. The monoisotopic (exact) mass is 299 g/mol. The number of carboxylic acid groups (broad SMARTS) is 1. The number of nitrogens with one attached hydrogen (secondary N) is 2. The Balaban J connectivity index is 2.76. The molecule has 0 heterocycles. The van der Waals surface area contributed by atoms with E-state index in [-0.39, 0.29) is 5.69 Å². The van der Waals surface area contributed by atoms with Crippen LogP contribution in [-0.2, 0) is 9.59 Å². The Morgan fingerprint density at radius 2 is 2.10 bits per heavy atom. The molecule has 0 aromatic heterocycles. The summed E-state index contributed by atoms with van der Waals surface area (Å²) in [5.41, 5.74) is 4.67. The Kier molecular flexibility index (Phi) is 5.47. The van der Waals surface area contributed by atoms with Gasteiger partial charge in [-0.15, -0.1) is 0 Å². The molecule has 0 bridgehead atoms. The maximum atomic E-state index is 13.5. The standard InChI is InChI=1S/C12H14FN3O5/c1-21-6-2-3-7(13)8(4-6)15-12(20)16-9(11(18)19)5-10(14)17/h2-4,9H,5H2,1H3,(H2,14,17)(H,18,19)(H2,15,16,20). The quantitative estimate of drug-likeness (QED) is 0.599. The first-order valence-electron chi connectivity index (χ1n) is 5.75. The molecule has 1 unspecified atom stereocenters. The van der Waals surface area contributed by atoms with Crippen LogP contribution in [0.3, 0.4) is 0 Å². The second kappa shape index (κ2) is 7.08. The summed E-state index contributed by atoms with van der Waals surface area (Å²) in [7, 11) is 1.37. The minimum Gasteiger partial charge on any atom is -0.497 e. The van der Waals surface area contributed by atoms with Crippen LogP contribution in [0.4, 0.5) is 14.9 Å². The summed E-state index contributed by atoms with van der Waals surface area (Å²) >= 11 is 0. The van der Waals surface area contributed by atoms with Crippen molar-refractivity contribution in [1.82, 2.24) is 5.32 Å². The third kappa shape index (κ3) is 4.97. The second-order valence-electron chi connectivity index (χ2n) is 4.01. The van der Waals surface area contributed by atoms with Crippen molar-refractivity contribution in [3.05, 3.63) is 24.0 Å². The first kappa shape index (κ1) is 16.2. The minimum atomic E-state index is -1.50. The first-order chi connectivity index (χ1) is 9.83. The molecule has 0 spiro atoms. The van der Waals surface area contributed by atoms with Gasteiger partial charge in [0.1, 0.15) is 17.6 Å². The Morgan fingerprint density at radius 3 is 2.62 bits per heavy atom. The lowest BCUT2D eigenvalue weighted by Crippen LogP contribution is -2.45. The van der Waals surface area contributed by atoms with E-state index in [4.69, 9.17) is 15.6 Å². The summed E-state index contributed by atoms with van der Waals surface area (Å²) in [6.45, 7) is 0. The average molecular weight is 299 g/mol. The van der Waals surface area contributed by atoms with Gasteiger partial charge >= 0.3 is 12.0 Å². The molecule has 0 aliphatic rings. The van der Waals surface area contributed by atoms with Crippen molar-refractivity contribution >= 4 is 23.6 Å². The number of benzene rings is 1. The fraction of sp³-hybridized carbons (Fsp3) is 0.250. The fourth-order valence-corrected chi connectivity index (χ4v) is 1.45. The zero-order valence-corrected chi connectivity index (χ0v) is 11.1. The number of hydrogen-bond donors (Lipinski definition) is 4. The number of nitrogens with two attached hydrogens (primary N) is 1. The number of aliphatic carboxylic acids is 1. The van der Waals surface area contributed by atoms with E-state index in [1.54, 1.807) is 0 Å². The number of anilines is 1. The Hall–Kier alpha value is -2.84. The molecule has 0 saturated heterocycles. The molecule has 8 nitrogen and oxygen atoms in total. The van der Waals surface area contributed by atoms with Crippen molar-refractivity contribution in [2.75, 3.05) is 12.4 Å². The number of rotatable bonds is 6. The highest BCUT2D eigenvalue weighted by Crippen LogP contribution is 2.20. The minimum absolute atomic E-state index is 0.199. The van der Waals surface area contributed by atoms with E-state index in [1.165, 1.54) is 19.2 Å². The molecule has 114 valence electrons. The molecule has 1 aromatic rings. The molecular weight excluding hydrogens is 285 g/mol. The zero-order chi connectivity index (χ0) is 16.0. The number of carbonyl (C=O) groups is 3. The summed E-state index contributed by atoms with van der Waals surface area (Å²) < 4.78 is 18.4. The lowest BCUT2D eigenvalue weighted by molar-refractivity contribution is -0.140. The second-order valence-corrected chi connectivity index (χ2v) is 4.01. The van der Waals surface area contributed by atoms with Gasteiger partial charge in [-0.05, 0) is 12.1 Å². The molecule has 0 radical (unpaired) electrons. The number of ether oxygens (including phenoxy) is 1. The van der Waals surface area contributed by atoms with Crippen molar-refractivity contribution in [2.24, 2.45) is 5.73 Å². The van der Waals surface area contributed by atoms with Crippen LogP contribution in [-0.4, -0.2) is 36.2 Å². The molecule has 0 saturated carbocycles. The van der Waals surface area contributed by atoms with E-state index in [1.807, 2.05) is 5.32 Å². The average Bonchev–Trinajstić information content (AvgIpc) is 2.39. The van der Waals surface area contributed by atoms with Crippen LogP contribution < -0.4 is 21.1 Å². The van der Waals surface area contributed by atoms with Crippen LogP contribution in [0, 0.1) is 5.82 Å². The van der Waals surface area contributed by atoms with E-state index in [0.717, 1.165) is 6.07 Å². The molecule has 0 fully saturated rings. The van der Waals surface area contributed by atoms with Gasteiger partial charge in [0.2, 0.25) is 5.91 Å². The number of primary amides is 1. The highest BCUT2D eigenvalue weighted by Gasteiger charge is 2.22. The number of carbonyl (C=O) groups excluding carboxylic acids is 2. The molecule has 0 aliphatic carbocycles. The van der Waals surface area contributed by atoms with Gasteiger partial charge in [0.15, 0.2) is 0 Å². The van der Waals surface area contributed by atoms with E-state index in [2.05, 4.69) is 5.32 Å². The normalized spacial score (nSPS) is 11.3. The smallest absolute Gasteiger partial charge is 0.326 e. The van der Waals surface area contributed by atoms with Gasteiger partial charge in [0, 0.05) is 6.07 Å². The summed E-state index contributed by atoms with van der Waals surface area (Å²) in [5, 5.41) is 13.0. The van der Waals surface area contributed by atoms with Crippen LogP contribution in [0.2, 0.25) is 0 Å². The van der Waals surface area contributed by atoms with Crippen LogP contribution in [0.15, 0.2) is 18.2 Å². The van der Waals surface area contributed by atoms with E-state index in [0.29, 0.717) is 5.75 Å². The van der Waals surface area contributed by atoms with Crippen molar-refractivity contribution in [3.8, 4) is 5.75 Å². The molecule has 1 aromatic carbocycles. The number of methoxy groups -OCH3 is 1. The van der Waals surface area contributed by atoms with E-state index in [9.17, 15) is 18.8 Å². The number of urea groups is 1. The summed E-state index contributed by atoms with van der Waals surface area (Å²) in [5.74, 6) is -2.75. The number of amides is 3. The third-order valence-corrected chi connectivity index (χ3v) is 2.43. The molecule has 9 heteroatoms. The molecule has 3 amide bonds. The van der Waals surface area contributed by atoms with Gasteiger partial charge in [-0.3, -0.25) is 4.79 Å². The van der Waals surface area contributed by atoms with Gasteiger partial charge in [-0.25, -0.2) is 14.0 Å². The first-order valence-corrected chi connectivity index (χ1v) is 5.75. The van der Waals surface area contributed by atoms with Gasteiger partial charge in [0.05, 0.1) is 19.2 Å². The van der Waals surface area contributed by atoms with Crippen molar-refractivity contribution in [3.63, 3.8) is 0 Å². The lowest BCUT2D eigenvalue weighted by Gasteiger charge is -2.14. The molecule has 21 heavy (non-hydrogen) atoms. The molecular formula is C12H14FN3O5. The van der Waals surface area contributed by atoms with Crippen molar-refractivity contribution < 1.29 is 28.6 Å². The summed E-state index contributed by atoms with van der Waals surface area (Å²) in [6.07, 6.45) is -0.580. The number of halogens is 1. The molecule has 5 N–H and O–H groups in total. The molecule has 1 atom stereocenters. The highest BCUT2D eigenvalue weighted by molar-refractivity contribution is 5.94. The Labute approximate surface area is 119 Å². The third-order valence-electron chi connectivity index (χ3n) is 2.43.